The molecule has 118 valence electrons. The Kier molecular flexibility index (Phi) is 6.52. The molecule has 2 atom stereocenters. The minimum atomic E-state index is 0.251. The summed E-state index contributed by atoms with van der Waals surface area (Å²) in [7, 11) is 2.02. The van der Waals surface area contributed by atoms with Gasteiger partial charge in [0, 0.05) is 23.5 Å². The third kappa shape index (κ3) is 4.21. The van der Waals surface area contributed by atoms with Gasteiger partial charge in [-0.15, -0.1) is 0 Å². The van der Waals surface area contributed by atoms with Gasteiger partial charge in [-0.3, -0.25) is 0 Å². The Labute approximate surface area is 136 Å². The molecule has 0 spiro atoms. The monoisotopic (exact) mass is 355 g/mol. The van der Waals surface area contributed by atoms with E-state index in [0.717, 1.165) is 49.1 Å². The van der Waals surface area contributed by atoms with Gasteiger partial charge in [0.05, 0.1) is 12.7 Å². The van der Waals surface area contributed by atoms with E-state index >= 15 is 0 Å². The Bertz CT molecular complexity index is 458. The second-order valence-corrected chi connectivity index (χ2v) is 6.45. The van der Waals surface area contributed by atoms with Crippen LogP contribution >= 0.6 is 15.9 Å². The van der Waals surface area contributed by atoms with Crippen LogP contribution in [-0.2, 0) is 17.6 Å². The first-order valence-electron chi connectivity index (χ1n) is 7.92. The van der Waals surface area contributed by atoms with Crippen molar-refractivity contribution in [3.8, 4) is 5.75 Å². The first kappa shape index (κ1) is 16.8. The quantitative estimate of drug-likeness (QED) is 0.770. The van der Waals surface area contributed by atoms with E-state index in [4.69, 9.17) is 9.47 Å². The fraction of sp³-hybridized carbons (Fsp3) is 0.647. The Morgan fingerprint density at radius 2 is 2.19 bits per heavy atom. The molecule has 0 aliphatic carbocycles. The first-order valence-corrected chi connectivity index (χ1v) is 8.71. The number of hydrogen-bond donors (Lipinski definition) is 1. The van der Waals surface area contributed by atoms with Crippen LogP contribution in [0.3, 0.4) is 0 Å². The molecule has 0 radical (unpaired) electrons. The lowest BCUT2D eigenvalue weighted by Crippen LogP contribution is -2.41. The van der Waals surface area contributed by atoms with Crippen LogP contribution in [0.25, 0.3) is 0 Å². The van der Waals surface area contributed by atoms with Crippen LogP contribution in [0.1, 0.15) is 37.8 Å². The predicted octanol–water partition coefficient (Wildman–Crippen LogP) is 3.72. The van der Waals surface area contributed by atoms with Gasteiger partial charge in [0.15, 0.2) is 0 Å². The maximum Gasteiger partial charge on any atom is 0.125 e. The molecule has 1 aromatic carbocycles. The average Bonchev–Trinajstić information content (AvgIpc) is 2.92. The topological polar surface area (TPSA) is 30.5 Å². The van der Waals surface area contributed by atoms with Crippen LogP contribution < -0.4 is 10.1 Å². The molecule has 0 bridgehead atoms. The summed E-state index contributed by atoms with van der Waals surface area (Å²) in [4.78, 5) is 0. The third-order valence-electron chi connectivity index (χ3n) is 4.04. The minimum Gasteiger partial charge on any atom is -0.493 e. The van der Waals surface area contributed by atoms with Crippen LogP contribution in [-0.4, -0.2) is 32.4 Å². The molecule has 0 aromatic heterocycles. The van der Waals surface area contributed by atoms with Crippen LogP contribution in [0.15, 0.2) is 16.6 Å². The summed E-state index contributed by atoms with van der Waals surface area (Å²) in [5.74, 6) is 1.09. The maximum atomic E-state index is 5.94. The predicted molar refractivity (Wildman–Crippen MR) is 90.2 cm³/mol. The van der Waals surface area contributed by atoms with Crippen molar-refractivity contribution in [2.45, 2.75) is 51.7 Å². The van der Waals surface area contributed by atoms with E-state index in [1.807, 2.05) is 7.05 Å². The molecule has 2 unspecified atom stereocenters. The van der Waals surface area contributed by atoms with Crippen molar-refractivity contribution in [1.82, 2.24) is 5.32 Å². The summed E-state index contributed by atoms with van der Waals surface area (Å²) < 4.78 is 12.9. The van der Waals surface area contributed by atoms with E-state index in [1.54, 1.807) is 0 Å². The number of halogens is 1. The highest BCUT2D eigenvalue weighted by Crippen LogP contribution is 2.34. The summed E-state index contributed by atoms with van der Waals surface area (Å²) in [6, 6.07) is 4.67. The van der Waals surface area contributed by atoms with Crippen LogP contribution in [0, 0.1) is 0 Å². The summed E-state index contributed by atoms with van der Waals surface area (Å²) in [6.45, 7) is 5.83. The molecule has 1 N–H and O–H groups in total. The van der Waals surface area contributed by atoms with Gasteiger partial charge in [0.25, 0.3) is 0 Å². The normalized spacial score (nSPS) is 16.4. The molecular weight excluding hydrogens is 330 g/mol. The van der Waals surface area contributed by atoms with Crippen molar-refractivity contribution in [3.05, 3.63) is 27.7 Å². The molecule has 2 rings (SSSR count). The summed E-state index contributed by atoms with van der Waals surface area (Å²) >= 11 is 3.62. The van der Waals surface area contributed by atoms with E-state index in [-0.39, 0.29) is 6.10 Å². The molecule has 0 saturated heterocycles. The lowest BCUT2D eigenvalue weighted by Gasteiger charge is -2.27. The van der Waals surface area contributed by atoms with Crippen molar-refractivity contribution in [1.29, 1.82) is 0 Å². The standard InChI is InChI=1S/C17H26BrNO2/c1-4-6-16(20-5-2)15(19-3)11-13-10-14(18)9-12-7-8-21-17(12)13/h9-10,15-16,19H,4-8,11H2,1-3H3. The number of rotatable bonds is 8. The van der Waals surface area contributed by atoms with Crippen molar-refractivity contribution in [2.75, 3.05) is 20.3 Å². The Balaban J connectivity index is 2.18. The van der Waals surface area contributed by atoms with E-state index < -0.39 is 0 Å². The largest absolute Gasteiger partial charge is 0.493 e. The van der Waals surface area contributed by atoms with E-state index in [9.17, 15) is 0 Å². The molecule has 4 heteroatoms. The first-order chi connectivity index (χ1) is 10.2. The second kappa shape index (κ2) is 8.16. The molecule has 0 saturated carbocycles. The van der Waals surface area contributed by atoms with Gasteiger partial charge in [-0.2, -0.15) is 0 Å². The molecule has 1 aliphatic rings. The van der Waals surface area contributed by atoms with Crippen LogP contribution in [0.5, 0.6) is 5.75 Å². The number of fused-ring (bicyclic) bond motifs is 1. The van der Waals surface area contributed by atoms with Crippen molar-refractivity contribution in [3.63, 3.8) is 0 Å². The SMILES string of the molecule is CCCC(OCC)C(Cc1cc(Br)cc2c1OCC2)NC. The van der Waals surface area contributed by atoms with Gasteiger partial charge in [0.1, 0.15) is 5.75 Å². The van der Waals surface area contributed by atoms with Crippen molar-refractivity contribution < 1.29 is 9.47 Å². The van der Waals surface area contributed by atoms with E-state index in [1.165, 1.54) is 11.1 Å². The van der Waals surface area contributed by atoms with Crippen molar-refractivity contribution in [2.24, 2.45) is 0 Å². The zero-order chi connectivity index (χ0) is 15.2. The van der Waals surface area contributed by atoms with Crippen LogP contribution in [0.2, 0.25) is 0 Å². The molecule has 21 heavy (non-hydrogen) atoms. The van der Waals surface area contributed by atoms with Gasteiger partial charge < -0.3 is 14.8 Å². The molecule has 3 nitrogen and oxygen atoms in total. The highest BCUT2D eigenvalue weighted by Gasteiger charge is 2.24. The fourth-order valence-corrected chi connectivity index (χ4v) is 3.61. The molecule has 0 fully saturated rings. The summed E-state index contributed by atoms with van der Waals surface area (Å²) in [5, 5.41) is 3.44. The van der Waals surface area contributed by atoms with E-state index in [2.05, 4.69) is 47.2 Å². The average molecular weight is 356 g/mol. The van der Waals surface area contributed by atoms with E-state index in [0.29, 0.717) is 6.04 Å². The zero-order valence-corrected chi connectivity index (χ0v) is 14.8. The van der Waals surface area contributed by atoms with Gasteiger partial charge in [-0.1, -0.05) is 29.3 Å². The molecule has 1 aliphatic heterocycles. The third-order valence-corrected chi connectivity index (χ3v) is 4.50. The number of ether oxygens (including phenoxy) is 2. The Hall–Kier alpha value is -0.580. The zero-order valence-electron chi connectivity index (χ0n) is 13.2. The lowest BCUT2D eigenvalue weighted by atomic mass is 9.96. The number of nitrogens with one attached hydrogen (secondary N) is 1. The summed E-state index contributed by atoms with van der Waals surface area (Å²) in [6.07, 6.45) is 4.41. The molecule has 1 aromatic rings. The maximum absolute atomic E-state index is 5.94. The second-order valence-electron chi connectivity index (χ2n) is 5.53. The number of hydrogen-bond acceptors (Lipinski definition) is 3. The van der Waals surface area contributed by atoms with Gasteiger partial charge in [-0.05, 0) is 50.1 Å². The lowest BCUT2D eigenvalue weighted by molar-refractivity contribution is 0.0299. The van der Waals surface area contributed by atoms with Crippen LogP contribution in [0.4, 0.5) is 0 Å². The molecule has 1 heterocycles. The van der Waals surface area contributed by atoms with Gasteiger partial charge >= 0.3 is 0 Å². The van der Waals surface area contributed by atoms with Gasteiger partial charge in [0.2, 0.25) is 0 Å². The highest BCUT2D eigenvalue weighted by molar-refractivity contribution is 9.10. The number of likely N-dealkylation sites (N-methyl/N-ethyl adjacent to an activating group) is 1. The fourth-order valence-electron chi connectivity index (χ4n) is 3.05. The minimum absolute atomic E-state index is 0.251. The number of benzene rings is 1. The molecule has 0 amide bonds. The molecular formula is C17H26BrNO2. The Morgan fingerprint density at radius 3 is 2.86 bits per heavy atom. The highest BCUT2D eigenvalue weighted by atomic mass is 79.9. The smallest absolute Gasteiger partial charge is 0.125 e. The Morgan fingerprint density at radius 1 is 1.38 bits per heavy atom. The summed E-state index contributed by atoms with van der Waals surface area (Å²) in [5.41, 5.74) is 2.59. The van der Waals surface area contributed by atoms with Crippen molar-refractivity contribution >= 4 is 15.9 Å². The van der Waals surface area contributed by atoms with Gasteiger partial charge in [-0.25, -0.2) is 0 Å².